The number of carbonyl (C=O) groups is 1. The molecule has 0 bridgehead atoms. The van der Waals surface area contributed by atoms with E-state index < -0.39 is 16.0 Å². The van der Waals surface area contributed by atoms with Crippen LogP contribution in [0, 0.1) is 6.92 Å². The lowest BCUT2D eigenvalue weighted by molar-refractivity contribution is 0.0698. The molecule has 0 atom stereocenters. The van der Waals surface area contributed by atoms with Crippen LogP contribution < -0.4 is 4.72 Å². The number of hydrogen-bond acceptors (Lipinski definition) is 3. The Morgan fingerprint density at radius 1 is 1.14 bits per heavy atom. The summed E-state index contributed by atoms with van der Waals surface area (Å²) in [5, 5.41) is 9.22. The highest BCUT2D eigenvalue weighted by Gasteiger charge is 2.21. The first kappa shape index (κ1) is 15.3. The first-order valence-corrected chi connectivity index (χ1v) is 7.79. The second-order valence-electron chi connectivity index (χ2n) is 4.34. The molecular formula is C14H12ClNO4S. The first-order chi connectivity index (χ1) is 9.83. The number of nitrogens with one attached hydrogen (secondary N) is 1. The van der Waals surface area contributed by atoms with Gasteiger partial charge in [-0.3, -0.25) is 4.72 Å². The van der Waals surface area contributed by atoms with E-state index in [0.717, 1.165) is 0 Å². The van der Waals surface area contributed by atoms with E-state index in [1.807, 2.05) is 0 Å². The molecule has 5 nitrogen and oxygen atoms in total. The lowest BCUT2D eigenvalue weighted by atomic mass is 10.1. The van der Waals surface area contributed by atoms with Gasteiger partial charge in [0.2, 0.25) is 0 Å². The number of anilines is 1. The van der Waals surface area contributed by atoms with E-state index in [2.05, 4.69) is 4.72 Å². The van der Waals surface area contributed by atoms with Crippen LogP contribution in [0.5, 0.6) is 0 Å². The minimum absolute atomic E-state index is 0.0323. The zero-order valence-electron chi connectivity index (χ0n) is 11.0. The smallest absolute Gasteiger partial charge is 0.337 e. The quantitative estimate of drug-likeness (QED) is 0.904. The van der Waals surface area contributed by atoms with Gasteiger partial charge in [-0.1, -0.05) is 35.9 Å². The predicted molar refractivity (Wildman–Crippen MR) is 80.4 cm³/mol. The van der Waals surface area contributed by atoms with E-state index in [1.165, 1.54) is 24.3 Å². The van der Waals surface area contributed by atoms with Crippen LogP contribution in [-0.4, -0.2) is 19.5 Å². The second kappa shape index (κ2) is 5.75. The maximum absolute atomic E-state index is 12.4. The Morgan fingerprint density at radius 3 is 2.43 bits per heavy atom. The first-order valence-electron chi connectivity index (χ1n) is 5.93. The maximum Gasteiger partial charge on any atom is 0.337 e. The van der Waals surface area contributed by atoms with Gasteiger partial charge in [-0.15, -0.1) is 0 Å². The molecule has 21 heavy (non-hydrogen) atoms. The average Bonchev–Trinajstić information content (AvgIpc) is 2.41. The van der Waals surface area contributed by atoms with Gasteiger partial charge in [0.15, 0.2) is 0 Å². The lowest BCUT2D eigenvalue weighted by Gasteiger charge is -2.13. The molecule has 0 aliphatic carbocycles. The van der Waals surface area contributed by atoms with Gasteiger partial charge in [0.1, 0.15) is 4.90 Å². The second-order valence-corrected chi connectivity index (χ2v) is 6.40. The number of benzene rings is 2. The lowest BCUT2D eigenvalue weighted by Crippen LogP contribution is -2.17. The number of sulfonamides is 1. The fourth-order valence-electron chi connectivity index (χ4n) is 1.83. The minimum atomic E-state index is -3.97. The van der Waals surface area contributed by atoms with Gasteiger partial charge in [0.25, 0.3) is 10.0 Å². The number of carboxylic acids is 1. The van der Waals surface area contributed by atoms with E-state index in [4.69, 9.17) is 16.7 Å². The Morgan fingerprint density at radius 2 is 1.81 bits per heavy atom. The van der Waals surface area contributed by atoms with Crippen LogP contribution in [0.25, 0.3) is 0 Å². The molecule has 0 unspecified atom stereocenters. The number of para-hydroxylation sites is 1. The van der Waals surface area contributed by atoms with Crippen molar-refractivity contribution in [2.75, 3.05) is 4.72 Å². The molecule has 0 aliphatic rings. The van der Waals surface area contributed by atoms with Crippen molar-refractivity contribution < 1.29 is 18.3 Å². The molecule has 0 saturated carbocycles. The Labute approximate surface area is 127 Å². The Bertz CT molecular complexity index is 802. The molecule has 0 spiro atoms. The third kappa shape index (κ3) is 3.17. The summed E-state index contributed by atoms with van der Waals surface area (Å²) in [5.74, 6) is -1.21. The summed E-state index contributed by atoms with van der Waals surface area (Å²) >= 11 is 5.88. The molecule has 0 amide bonds. The van der Waals surface area contributed by atoms with E-state index in [-0.39, 0.29) is 21.2 Å². The van der Waals surface area contributed by atoms with Crippen molar-refractivity contribution in [2.45, 2.75) is 11.8 Å². The van der Waals surface area contributed by atoms with Crippen LogP contribution in [0.15, 0.2) is 47.4 Å². The summed E-state index contributed by atoms with van der Waals surface area (Å²) in [7, 11) is -3.97. The summed E-state index contributed by atoms with van der Waals surface area (Å²) in [6, 6.07) is 10.5. The summed E-state index contributed by atoms with van der Waals surface area (Å²) < 4.78 is 27.0. The predicted octanol–water partition coefficient (Wildman–Crippen LogP) is 3.15. The van der Waals surface area contributed by atoms with Gasteiger partial charge in [0, 0.05) is 0 Å². The molecular weight excluding hydrogens is 314 g/mol. The van der Waals surface area contributed by atoms with Crippen LogP contribution in [0.3, 0.4) is 0 Å². The van der Waals surface area contributed by atoms with Gasteiger partial charge in [-0.25, -0.2) is 13.2 Å². The average molecular weight is 326 g/mol. The Balaban J connectivity index is 2.52. The van der Waals surface area contributed by atoms with E-state index in [0.29, 0.717) is 5.56 Å². The molecule has 0 fully saturated rings. The highest BCUT2D eigenvalue weighted by molar-refractivity contribution is 7.92. The molecule has 0 radical (unpaired) electrons. The summed E-state index contributed by atoms with van der Waals surface area (Å²) in [4.78, 5) is 11.1. The molecule has 0 aliphatic heterocycles. The van der Waals surface area contributed by atoms with E-state index >= 15 is 0 Å². The van der Waals surface area contributed by atoms with Gasteiger partial charge in [-0.2, -0.15) is 0 Å². The van der Waals surface area contributed by atoms with Crippen LogP contribution in [0.2, 0.25) is 5.02 Å². The number of aromatic carboxylic acids is 1. The van der Waals surface area contributed by atoms with Crippen molar-refractivity contribution >= 4 is 33.3 Å². The van der Waals surface area contributed by atoms with Crippen LogP contribution in [0.1, 0.15) is 15.9 Å². The highest BCUT2D eigenvalue weighted by Crippen LogP contribution is 2.27. The van der Waals surface area contributed by atoms with Crippen molar-refractivity contribution in [3.05, 3.63) is 58.6 Å². The maximum atomic E-state index is 12.4. The molecule has 0 heterocycles. The van der Waals surface area contributed by atoms with Gasteiger partial charge >= 0.3 is 5.97 Å². The zero-order chi connectivity index (χ0) is 15.6. The van der Waals surface area contributed by atoms with E-state index in [1.54, 1.807) is 25.1 Å². The summed E-state index contributed by atoms with van der Waals surface area (Å²) in [5.41, 5.74) is 0.418. The molecule has 2 rings (SSSR count). The third-order valence-corrected chi connectivity index (χ3v) is 4.72. The minimum Gasteiger partial charge on any atom is -0.478 e. The van der Waals surface area contributed by atoms with Crippen molar-refractivity contribution in [2.24, 2.45) is 0 Å². The normalized spacial score (nSPS) is 11.1. The molecule has 0 saturated heterocycles. The summed E-state index contributed by atoms with van der Waals surface area (Å²) in [6.07, 6.45) is 0. The fraction of sp³-hybridized carbons (Fsp3) is 0.0714. The standard InChI is InChI=1S/C14H12ClNO4S/c1-9-5-4-6-10(14(17)18)13(9)16-21(19,20)12-8-3-2-7-11(12)15/h2-8,16H,1H3,(H,17,18). The van der Waals surface area contributed by atoms with Gasteiger partial charge in [0.05, 0.1) is 16.3 Å². The van der Waals surface area contributed by atoms with Crippen molar-refractivity contribution in [1.29, 1.82) is 0 Å². The van der Waals surface area contributed by atoms with Crippen molar-refractivity contribution in [3.8, 4) is 0 Å². The Hall–Kier alpha value is -2.05. The van der Waals surface area contributed by atoms with Crippen molar-refractivity contribution in [3.63, 3.8) is 0 Å². The van der Waals surface area contributed by atoms with Crippen LogP contribution in [-0.2, 0) is 10.0 Å². The highest BCUT2D eigenvalue weighted by atomic mass is 35.5. The number of aryl methyl sites for hydroxylation is 1. The number of rotatable bonds is 4. The van der Waals surface area contributed by atoms with Gasteiger partial charge < -0.3 is 5.11 Å². The number of hydrogen-bond donors (Lipinski definition) is 2. The number of carboxylic acid groups (broad SMARTS) is 1. The zero-order valence-corrected chi connectivity index (χ0v) is 12.6. The van der Waals surface area contributed by atoms with Crippen molar-refractivity contribution in [1.82, 2.24) is 0 Å². The van der Waals surface area contributed by atoms with Gasteiger partial charge in [-0.05, 0) is 30.7 Å². The topological polar surface area (TPSA) is 83.5 Å². The molecule has 2 N–H and O–H groups in total. The molecule has 0 aromatic heterocycles. The number of halogens is 1. The summed E-state index contributed by atoms with van der Waals surface area (Å²) in [6.45, 7) is 1.62. The molecule has 2 aromatic carbocycles. The Kier molecular flexibility index (Phi) is 4.20. The third-order valence-electron chi connectivity index (χ3n) is 2.87. The monoisotopic (exact) mass is 325 g/mol. The molecule has 7 heteroatoms. The van der Waals surface area contributed by atoms with E-state index in [9.17, 15) is 13.2 Å². The van der Waals surface area contributed by atoms with Crippen LogP contribution in [0.4, 0.5) is 5.69 Å². The fourth-order valence-corrected chi connectivity index (χ4v) is 3.51. The van der Waals surface area contributed by atoms with Crippen LogP contribution >= 0.6 is 11.6 Å². The molecule has 2 aromatic rings. The SMILES string of the molecule is Cc1cccc(C(=O)O)c1NS(=O)(=O)c1ccccc1Cl. The molecule has 110 valence electrons. The largest absolute Gasteiger partial charge is 0.478 e.